The van der Waals surface area contributed by atoms with Crippen LogP contribution in [0.2, 0.25) is 0 Å². The quantitative estimate of drug-likeness (QED) is 0.751. The fourth-order valence-electron chi connectivity index (χ4n) is 2.51. The molecule has 1 heterocycles. The van der Waals surface area contributed by atoms with E-state index in [1.165, 1.54) is 0 Å². The van der Waals surface area contributed by atoms with E-state index in [1.54, 1.807) is 68.8 Å². The van der Waals surface area contributed by atoms with Crippen LogP contribution in [0.3, 0.4) is 0 Å². The van der Waals surface area contributed by atoms with Gasteiger partial charge in [-0.05, 0) is 59.8 Å². The van der Waals surface area contributed by atoms with Crippen molar-refractivity contribution in [2.24, 2.45) is 0 Å². The summed E-state index contributed by atoms with van der Waals surface area (Å²) in [7, 11) is 3.12. The second-order valence-corrected chi connectivity index (χ2v) is 6.81. The zero-order valence-electron chi connectivity index (χ0n) is 15.3. The molecule has 2 aromatic rings. The molecule has 3 amide bonds. The van der Waals surface area contributed by atoms with Crippen LogP contribution in [-0.4, -0.2) is 42.7 Å². The second-order valence-electron chi connectivity index (χ2n) is 5.82. The molecule has 1 saturated heterocycles. The summed E-state index contributed by atoms with van der Waals surface area (Å²) in [6, 6.07) is 13.8. The van der Waals surface area contributed by atoms with Gasteiger partial charge in [-0.25, -0.2) is 0 Å². The van der Waals surface area contributed by atoms with Crippen LogP contribution in [0.1, 0.15) is 5.56 Å². The van der Waals surface area contributed by atoms with E-state index in [0.717, 1.165) is 22.2 Å². The minimum Gasteiger partial charge on any atom is -0.497 e. The van der Waals surface area contributed by atoms with Gasteiger partial charge in [-0.3, -0.25) is 19.3 Å². The Hall–Kier alpha value is -3.26. The molecule has 28 heavy (non-hydrogen) atoms. The summed E-state index contributed by atoms with van der Waals surface area (Å²) in [5.74, 6) is 0.405. The normalized spacial score (nSPS) is 15.1. The van der Waals surface area contributed by atoms with Crippen LogP contribution in [-0.2, 0) is 9.59 Å². The number of carbonyl (C=O) groups excluding carboxylic acids is 3. The largest absolute Gasteiger partial charge is 0.497 e. The van der Waals surface area contributed by atoms with Crippen molar-refractivity contribution in [1.82, 2.24) is 4.90 Å². The van der Waals surface area contributed by atoms with Gasteiger partial charge >= 0.3 is 0 Å². The van der Waals surface area contributed by atoms with E-state index in [9.17, 15) is 14.4 Å². The molecule has 0 bridgehead atoms. The lowest BCUT2D eigenvalue weighted by Gasteiger charge is -2.12. The Kier molecular flexibility index (Phi) is 6.00. The number of carbonyl (C=O) groups is 3. The Morgan fingerprint density at radius 3 is 2.14 bits per heavy atom. The van der Waals surface area contributed by atoms with E-state index in [0.29, 0.717) is 17.2 Å². The van der Waals surface area contributed by atoms with Gasteiger partial charge in [-0.2, -0.15) is 0 Å². The first kappa shape index (κ1) is 19.5. The third kappa shape index (κ3) is 4.52. The molecule has 1 fully saturated rings. The highest BCUT2D eigenvalue weighted by molar-refractivity contribution is 8.18. The summed E-state index contributed by atoms with van der Waals surface area (Å²) in [5.41, 5.74) is 1.31. The number of hydrogen-bond acceptors (Lipinski definition) is 6. The summed E-state index contributed by atoms with van der Waals surface area (Å²) in [6.45, 7) is -0.351. The van der Waals surface area contributed by atoms with Crippen LogP contribution < -0.4 is 14.8 Å². The van der Waals surface area contributed by atoms with Crippen molar-refractivity contribution in [1.29, 1.82) is 0 Å². The van der Waals surface area contributed by atoms with Gasteiger partial charge < -0.3 is 14.8 Å². The molecule has 2 aromatic carbocycles. The SMILES string of the molecule is COc1ccc(/C=C2\SC(=O)N(CC(=O)Nc3ccc(OC)cc3)C2=O)cc1. The highest BCUT2D eigenvalue weighted by Gasteiger charge is 2.36. The first-order valence-electron chi connectivity index (χ1n) is 8.33. The zero-order valence-corrected chi connectivity index (χ0v) is 16.1. The standard InChI is InChI=1S/C20H18N2O5S/c1-26-15-7-3-13(4-8-15)11-17-19(24)22(20(25)28-17)12-18(23)21-14-5-9-16(27-2)10-6-14/h3-11H,12H2,1-2H3,(H,21,23)/b17-11-. The third-order valence-corrected chi connectivity index (χ3v) is 4.87. The molecule has 0 saturated carbocycles. The maximum Gasteiger partial charge on any atom is 0.294 e. The lowest BCUT2D eigenvalue weighted by Crippen LogP contribution is -2.36. The van der Waals surface area contributed by atoms with Crippen molar-refractivity contribution in [2.75, 3.05) is 26.1 Å². The summed E-state index contributed by atoms with van der Waals surface area (Å²) in [6.07, 6.45) is 1.62. The van der Waals surface area contributed by atoms with Crippen LogP contribution in [0.15, 0.2) is 53.4 Å². The summed E-state index contributed by atoms with van der Waals surface area (Å²) < 4.78 is 10.2. The molecule has 0 spiro atoms. The molecular formula is C20H18N2O5S. The zero-order chi connectivity index (χ0) is 20.1. The Bertz CT molecular complexity index is 923. The number of benzene rings is 2. The number of nitrogens with one attached hydrogen (secondary N) is 1. The number of nitrogens with zero attached hydrogens (tertiary/aromatic N) is 1. The molecule has 0 atom stereocenters. The Morgan fingerprint density at radius 1 is 1.00 bits per heavy atom. The fraction of sp³-hybridized carbons (Fsp3) is 0.150. The highest BCUT2D eigenvalue weighted by Crippen LogP contribution is 2.32. The Morgan fingerprint density at radius 2 is 1.57 bits per heavy atom. The minimum atomic E-state index is -0.490. The number of rotatable bonds is 6. The van der Waals surface area contributed by atoms with E-state index >= 15 is 0 Å². The van der Waals surface area contributed by atoms with Crippen molar-refractivity contribution in [3.8, 4) is 11.5 Å². The number of hydrogen-bond donors (Lipinski definition) is 1. The first-order chi connectivity index (χ1) is 13.5. The van der Waals surface area contributed by atoms with Gasteiger partial charge in [0.25, 0.3) is 11.1 Å². The van der Waals surface area contributed by atoms with Crippen LogP contribution in [0.5, 0.6) is 11.5 Å². The molecule has 1 N–H and O–H groups in total. The number of amides is 3. The van der Waals surface area contributed by atoms with Crippen molar-refractivity contribution in [3.63, 3.8) is 0 Å². The average molecular weight is 398 g/mol. The molecule has 1 aliphatic heterocycles. The van der Waals surface area contributed by atoms with Gasteiger partial charge in [-0.1, -0.05) is 12.1 Å². The number of anilines is 1. The highest BCUT2D eigenvalue weighted by atomic mass is 32.2. The molecule has 7 nitrogen and oxygen atoms in total. The first-order valence-corrected chi connectivity index (χ1v) is 9.15. The van der Waals surface area contributed by atoms with Gasteiger partial charge in [0, 0.05) is 5.69 Å². The topological polar surface area (TPSA) is 84.9 Å². The molecule has 8 heteroatoms. The molecule has 3 rings (SSSR count). The number of imide groups is 1. The second kappa shape index (κ2) is 8.62. The van der Waals surface area contributed by atoms with Gasteiger partial charge in [0.15, 0.2) is 0 Å². The lowest BCUT2D eigenvalue weighted by molar-refractivity contribution is -0.127. The van der Waals surface area contributed by atoms with Gasteiger partial charge in [0.1, 0.15) is 18.0 Å². The van der Waals surface area contributed by atoms with E-state index in [2.05, 4.69) is 5.32 Å². The average Bonchev–Trinajstić information content (AvgIpc) is 2.96. The maximum atomic E-state index is 12.5. The van der Waals surface area contributed by atoms with E-state index in [4.69, 9.17) is 9.47 Å². The smallest absolute Gasteiger partial charge is 0.294 e. The van der Waals surface area contributed by atoms with Crippen LogP contribution in [0.4, 0.5) is 10.5 Å². The van der Waals surface area contributed by atoms with Crippen molar-refractivity contribution >= 4 is 40.6 Å². The maximum absolute atomic E-state index is 12.5. The Balaban J connectivity index is 1.65. The van der Waals surface area contributed by atoms with E-state index in [1.807, 2.05) is 0 Å². The van der Waals surface area contributed by atoms with Crippen LogP contribution in [0.25, 0.3) is 6.08 Å². The van der Waals surface area contributed by atoms with E-state index in [-0.39, 0.29) is 11.4 Å². The molecule has 0 radical (unpaired) electrons. The van der Waals surface area contributed by atoms with Gasteiger partial charge in [0.05, 0.1) is 19.1 Å². The van der Waals surface area contributed by atoms with E-state index < -0.39 is 17.1 Å². The van der Waals surface area contributed by atoms with Crippen LogP contribution in [0, 0.1) is 0 Å². The van der Waals surface area contributed by atoms with Crippen molar-refractivity contribution in [3.05, 3.63) is 59.0 Å². The summed E-state index contributed by atoms with van der Waals surface area (Å²) in [4.78, 5) is 38.1. The Labute approximate surface area is 166 Å². The van der Waals surface area contributed by atoms with Gasteiger partial charge in [-0.15, -0.1) is 0 Å². The summed E-state index contributed by atoms with van der Waals surface area (Å²) in [5, 5.41) is 2.18. The number of methoxy groups -OCH3 is 2. The van der Waals surface area contributed by atoms with Crippen molar-refractivity contribution < 1.29 is 23.9 Å². The molecular weight excluding hydrogens is 380 g/mol. The monoisotopic (exact) mass is 398 g/mol. The van der Waals surface area contributed by atoms with Crippen LogP contribution >= 0.6 is 11.8 Å². The fourth-order valence-corrected chi connectivity index (χ4v) is 3.34. The van der Waals surface area contributed by atoms with Gasteiger partial charge in [0.2, 0.25) is 5.91 Å². The summed E-state index contributed by atoms with van der Waals surface area (Å²) >= 11 is 0.811. The number of thioether (sulfide) groups is 1. The van der Waals surface area contributed by atoms with Crippen molar-refractivity contribution in [2.45, 2.75) is 0 Å². The predicted molar refractivity (Wildman–Crippen MR) is 107 cm³/mol. The molecule has 0 aliphatic carbocycles. The molecule has 1 aliphatic rings. The minimum absolute atomic E-state index is 0.271. The molecule has 144 valence electrons. The molecule has 0 aromatic heterocycles. The number of ether oxygens (including phenoxy) is 2. The predicted octanol–water partition coefficient (Wildman–Crippen LogP) is 3.38. The third-order valence-electron chi connectivity index (χ3n) is 3.96. The lowest BCUT2D eigenvalue weighted by atomic mass is 10.2. The molecule has 0 unspecified atom stereocenters.